The van der Waals surface area contributed by atoms with Crippen LogP contribution < -0.4 is 0 Å². The Morgan fingerprint density at radius 1 is 1.23 bits per heavy atom. The molecule has 1 saturated heterocycles. The topological polar surface area (TPSA) is 59.1 Å². The summed E-state index contributed by atoms with van der Waals surface area (Å²) in [6.07, 6.45) is 1.03. The molecule has 1 aliphatic heterocycles. The molecule has 1 aliphatic rings. The molecule has 6 nitrogen and oxygen atoms in total. The van der Waals surface area contributed by atoms with E-state index in [0.717, 1.165) is 18.4 Å². The molecular formula is C20H30N2O4. The molecule has 0 aromatic heterocycles. The lowest BCUT2D eigenvalue weighted by Gasteiger charge is -2.38. The van der Waals surface area contributed by atoms with Gasteiger partial charge in [-0.05, 0) is 46.1 Å². The highest BCUT2D eigenvalue weighted by Gasteiger charge is 2.32. The van der Waals surface area contributed by atoms with Gasteiger partial charge in [0.15, 0.2) is 0 Å². The number of hydrogen-bond donors (Lipinski definition) is 0. The van der Waals surface area contributed by atoms with E-state index in [4.69, 9.17) is 9.47 Å². The van der Waals surface area contributed by atoms with Crippen LogP contribution in [0.25, 0.3) is 0 Å². The molecule has 0 radical (unpaired) electrons. The van der Waals surface area contributed by atoms with Crippen molar-refractivity contribution in [2.45, 2.75) is 58.8 Å². The van der Waals surface area contributed by atoms with Crippen molar-refractivity contribution in [3.63, 3.8) is 0 Å². The molecule has 2 amide bonds. The number of amides is 2. The molecule has 1 heterocycles. The maximum absolute atomic E-state index is 12.4. The molecule has 0 saturated carbocycles. The third kappa shape index (κ3) is 5.93. The number of likely N-dealkylation sites (tertiary alicyclic amines) is 1. The van der Waals surface area contributed by atoms with E-state index in [1.54, 1.807) is 9.80 Å². The first-order valence-corrected chi connectivity index (χ1v) is 9.25. The van der Waals surface area contributed by atoms with Crippen LogP contribution in [0, 0.1) is 0 Å². The number of ether oxygens (including phenoxy) is 2. The first-order valence-electron chi connectivity index (χ1n) is 9.25. The summed E-state index contributed by atoms with van der Waals surface area (Å²) in [4.78, 5) is 28.2. The molecule has 0 bridgehead atoms. The zero-order valence-corrected chi connectivity index (χ0v) is 16.2. The van der Waals surface area contributed by atoms with Gasteiger partial charge >= 0.3 is 12.2 Å². The molecule has 6 heteroatoms. The molecule has 0 aliphatic carbocycles. The van der Waals surface area contributed by atoms with Crippen LogP contribution in [0.1, 0.15) is 46.1 Å². The Kier molecular flexibility index (Phi) is 6.89. The summed E-state index contributed by atoms with van der Waals surface area (Å²) in [5, 5.41) is 0. The number of nitrogens with zero attached hydrogens (tertiary/aromatic N) is 2. The average Bonchev–Trinajstić information content (AvgIpc) is 2.60. The van der Waals surface area contributed by atoms with E-state index in [2.05, 4.69) is 0 Å². The van der Waals surface area contributed by atoms with Gasteiger partial charge in [-0.3, -0.25) is 0 Å². The number of likely N-dealkylation sites (N-methyl/N-ethyl adjacent to an activating group) is 1. The van der Waals surface area contributed by atoms with E-state index >= 15 is 0 Å². The summed E-state index contributed by atoms with van der Waals surface area (Å²) in [6, 6.07) is 9.56. The van der Waals surface area contributed by atoms with Gasteiger partial charge < -0.3 is 19.3 Å². The van der Waals surface area contributed by atoms with Crippen molar-refractivity contribution in [1.29, 1.82) is 0 Å². The van der Waals surface area contributed by atoms with E-state index < -0.39 is 5.60 Å². The fourth-order valence-corrected chi connectivity index (χ4v) is 3.04. The second-order valence-corrected chi connectivity index (χ2v) is 7.55. The molecule has 1 fully saturated rings. The lowest BCUT2D eigenvalue weighted by atomic mass is 10.0. The van der Waals surface area contributed by atoms with Crippen molar-refractivity contribution in [3.05, 3.63) is 35.9 Å². The van der Waals surface area contributed by atoms with Gasteiger partial charge in [0.1, 0.15) is 12.2 Å². The summed E-state index contributed by atoms with van der Waals surface area (Å²) in [6.45, 7) is 9.41. The Morgan fingerprint density at radius 3 is 2.54 bits per heavy atom. The third-order valence-electron chi connectivity index (χ3n) is 4.27. The number of rotatable bonds is 4. The predicted octanol–water partition coefficient (Wildman–Crippen LogP) is 4.04. The van der Waals surface area contributed by atoms with Crippen molar-refractivity contribution in [2.75, 3.05) is 19.6 Å². The summed E-state index contributed by atoms with van der Waals surface area (Å²) >= 11 is 0. The van der Waals surface area contributed by atoms with E-state index in [0.29, 0.717) is 19.6 Å². The van der Waals surface area contributed by atoms with Gasteiger partial charge in [-0.2, -0.15) is 0 Å². The minimum absolute atomic E-state index is 0.0483. The van der Waals surface area contributed by atoms with Crippen LogP contribution in [-0.4, -0.2) is 53.3 Å². The zero-order valence-electron chi connectivity index (χ0n) is 16.2. The van der Waals surface area contributed by atoms with Crippen LogP contribution in [0.5, 0.6) is 0 Å². The van der Waals surface area contributed by atoms with Gasteiger partial charge in [0.25, 0.3) is 0 Å². The fourth-order valence-electron chi connectivity index (χ4n) is 3.04. The number of hydrogen-bond acceptors (Lipinski definition) is 4. The quantitative estimate of drug-likeness (QED) is 0.811. The van der Waals surface area contributed by atoms with Crippen molar-refractivity contribution >= 4 is 12.2 Å². The van der Waals surface area contributed by atoms with Gasteiger partial charge in [0.05, 0.1) is 6.04 Å². The Bertz CT molecular complexity index is 598. The minimum Gasteiger partial charge on any atom is -0.445 e. The lowest BCUT2D eigenvalue weighted by molar-refractivity contribution is 0.00624. The van der Waals surface area contributed by atoms with E-state index in [1.165, 1.54) is 0 Å². The van der Waals surface area contributed by atoms with Crippen LogP contribution in [0.3, 0.4) is 0 Å². The number of piperidine rings is 1. The molecule has 1 aromatic carbocycles. The first-order chi connectivity index (χ1) is 12.3. The standard InChI is InChI=1S/C20H30N2O4/c1-5-22(19(24)26-20(2,3)4)17-12-9-13-21(14-17)18(23)25-15-16-10-7-6-8-11-16/h6-8,10-11,17H,5,9,12-15H2,1-4H3/t17-/m1/s1. The highest BCUT2D eigenvalue weighted by molar-refractivity contribution is 5.70. The lowest BCUT2D eigenvalue weighted by Crippen LogP contribution is -2.52. The van der Waals surface area contributed by atoms with Crippen LogP contribution in [0.15, 0.2) is 30.3 Å². The first kappa shape index (κ1) is 20.1. The number of carbonyl (C=O) groups is 2. The fraction of sp³-hybridized carbons (Fsp3) is 0.600. The molecule has 2 rings (SSSR count). The van der Waals surface area contributed by atoms with Crippen LogP contribution >= 0.6 is 0 Å². The smallest absolute Gasteiger partial charge is 0.410 e. The minimum atomic E-state index is -0.534. The maximum Gasteiger partial charge on any atom is 0.410 e. The molecular weight excluding hydrogens is 332 g/mol. The summed E-state index contributed by atoms with van der Waals surface area (Å²) in [5.74, 6) is 0. The molecule has 1 atom stereocenters. The van der Waals surface area contributed by atoms with E-state index in [-0.39, 0.29) is 24.8 Å². The van der Waals surface area contributed by atoms with Crippen molar-refractivity contribution < 1.29 is 19.1 Å². The number of benzene rings is 1. The maximum atomic E-state index is 12.4. The van der Waals surface area contributed by atoms with Gasteiger partial charge in [0.2, 0.25) is 0 Å². The Labute approximate surface area is 156 Å². The Hall–Kier alpha value is -2.24. The molecule has 1 aromatic rings. The zero-order chi connectivity index (χ0) is 19.2. The van der Waals surface area contributed by atoms with E-state index in [1.807, 2.05) is 58.0 Å². The van der Waals surface area contributed by atoms with Gasteiger partial charge in [0, 0.05) is 19.6 Å². The van der Waals surface area contributed by atoms with E-state index in [9.17, 15) is 9.59 Å². The molecule has 0 N–H and O–H groups in total. The Morgan fingerprint density at radius 2 is 1.92 bits per heavy atom. The molecule has 0 unspecified atom stereocenters. The SMILES string of the molecule is CCN(C(=O)OC(C)(C)C)[C@@H]1CCCN(C(=O)OCc2ccccc2)C1. The largest absolute Gasteiger partial charge is 0.445 e. The summed E-state index contributed by atoms with van der Waals surface area (Å²) in [7, 11) is 0. The second-order valence-electron chi connectivity index (χ2n) is 7.55. The molecule has 26 heavy (non-hydrogen) atoms. The molecule has 144 valence electrons. The van der Waals surface area contributed by atoms with Gasteiger partial charge in [-0.15, -0.1) is 0 Å². The summed E-state index contributed by atoms with van der Waals surface area (Å²) in [5.41, 5.74) is 0.423. The van der Waals surface area contributed by atoms with Crippen LogP contribution in [-0.2, 0) is 16.1 Å². The highest BCUT2D eigenvalue weighted by Crippen LogP contribution is 2.20. The van der Waals surface area contributed by atoms with Gasteiger partial charge in [-0.25, -0.2) is 9.59 Å². The summed E-state index contributed by atoms with van der Waals surface area (Å²) < 4.78 is 10.9. The van der Waals surface area contributed by atoms with Crippen LogP contribution in [0.2, 0.25) is 0 Å². The van der Waals surface area contributed by atoms with Gasteiger partial charge in [-0.1, -0.05) is 30.3 Å². The van der Waals surface area contributed by atoms with Crippen molar-refractivity contribution in [3.8, 4) is 0 Å². The average molecular weight is 362 g/mol. The Balaban J connectivity index is 1.92. The predicted molar refractivity (Wildman–Crippen MR) is 99.8 cm³/mol. The monoisotopic (exact) mass is 362 g/mol. The van der Waals surface area contributed by atoms with Crippen LogP contribution in [0.4, 0.5) is 9.59 Å². The van der Waals surface area contributed by atoms with Crippen molar-refractivity contribution in [1.82, 2.24) is 9.80 Å². The second kappa shape index (κ2) is 8.92. The molecule has 0 spiro atoms. The highest BCUT2D eigenvalue weighted by atomic mass is 16.6. The normalized spacial score (nSPS) is 17.5. The third-order valence-corrected chi connectivity index (χ3v) is 4.27. The number of carbonyl (C=O) groups excluding carboxylic acids is 2. The van der Waals surface area contributed by atoms with Crippen molar-refractivity contribution in [2.24, 2.45) is 0 Å².